The molecule has 28 heavy (non-hydrogen) atoms. The predicted octanol–water partition coefficient (Wildman–Crippen LogP) is 4.13. The average Bonchev–Trinajstić information content (AvgIpc) is 3.26. The van der Waals surface area contributed by atoms with E-state index in [0.29, 0.717) is 17.2 Å². The Morgan fingerprint density at radius 3 is 2.21 bits per heavy atom. The SMILES string of the molecule is COc1ccc([C@@H](CC(=O)Nc2ccc(OC)c(OC)c2)n2cccc2)cc1. The van der Waals surface area contributed by atoms with Crippen LogP contribution in [0.3, 0.4) is 0 Å². The van der Waals surface area contributed by atoms with Crippen LogP contribution in [0.25, 0.3) is 0 Å². The van der Waals surface area contributed by atoms with E-state index in [2.05, 4.69) is 5.32 Å². The maximum Gasteiger partial charge on any atom is 0.226 e. The van der Waals surface area contributed by atoms with Gasteiger partial charge in [0.2, 0.25) is 5.91 Å². The highest BCUT2D eigenvalue weighted by atomic mass is 16.5. The molecule has 0 spiro atoms. The van der Waals surface area contributed by atoms with Crippen LogP contribution in [0.5, 0.6) is 17.2 Å². The van der Waals surface area contributed by atoms with Crippen LogP contribution in [-0.2, 0) is 4.79 Å². The number of rotatable bonds is 8. The third-order valence-corrected chi connectivity index (χ3v) is 4.53. The molecular weight excluding hydrogens is 356 g/mol. The Balaban J connectivity index is 1.78. The number of nitrogens with zero attached hydrogens (tertiary/aromatic N) is 1. The van der Waals surface area contributed by atoms with Crippen molar-refractivity contribution in [2.45, 2.75) is 12.5 Å². The highest BCUT2D eigenvalue weighted by Crippen LogP contribution is 2.30. The summed E-state index contributed by atoms with van der Waals surface area (Å²) in [4.78, 5) is 12.7. The van der Waals surface area contributed by atoms with Crippen molar-refractivity contribution in [3.05, 3.63) is 72.6 Å². The first-order valence-electron chi connectivity index (χ1n) is 8.93. The van der Waals surface area contributed by atoms with Gasteiger partial charge in [0.25, 0.3) is 0 Å². The molecule has 1 N–H and O–H groups in total. The van der Waals surface area contributed by atoms with Crippen LogP contribution in [-0.4, -0.2) is 31.8 Å². The van der Waals surface area contributed by atoms with Crippen LogP contribution in [0, 0.1) is 0 Å². The van der Waals surface area contributed by atoms with Crippen LogP contribution in [0.1, 0.15) is 18.0 Å². The third-order valence-electron chi connectivity index (χ3n) is 4.53. The molecule has 0 aliphatic carbocycles. The van der Waals surface area contributed by atoms with Crippen molar-refractivity contribution in [1.82, 2.24) is 4.57 Å². The number of nitrogens with one attached hydrogen (secondary N) is 1. The summed E-state index contributed by atoms with van der Waals surface area (Å²) < 4.78 is 17.8. The molecular formula is C22H24N2O4. The number of carbonyl (C=O) groups excluding carboxylic acids is 1. The van der Waals surface area contributed by atoms with Gasteiger partial charge in [-0.15, -0.1) is 0 Å². The Kier molecular flexibility index (Phi) is 6.22. The summed E-state index contributed by atoms with van der Waals surface area (Å²) in [5.41, 5.74) is 1.68. The first-order chi connectivity index (χ1) is 13.6. The molecule has 0 aliphatic rings. The number of ether oxygens (including phenoxy) is 3. The second kappa shape index (κ2) is 8.99. The van der Waals surface area contributed by atoms with Gasteiger partial charge in [0.15, 0.2) is 11.5 Å². The third kappa shape index (κ3) is 4.46. The zero-order valence-corrected chi connectivity index (χ0v) is 16.2. The molecule has 6 nitrogen and oxygen atoms in total. The summed E-state index contributed by atoms with van der Waals surface area (Å²) in [5.74, 6) is 1.87. The maximum absolute atomic E-state index is 12.7. The van der Waals surface area contributed by atoms with Crippen LogP contribution in [0.4, 0.5) is 5.69 Å². The van der Waals surface area contributed by atoms with Crippen molar-refractivity contribution < 1.29 is 19.0 Å². The number of hydrogen-bond acceptors (Lipinski definition) is 4. The molecule has 0 radical (unpaired) electrons. The minimum absolute atomic E-state index is 0.0956. The van der Waals surface area contributed by atoms with Crippen LogP contribution in [0.2, 0.25) is 0 Å². The molecule has 2 aromatic carbocycles. The summed E-state index contributed by atoms with van der Waals surface area (Å²) in [6.07, 6.45) is 4.20. The molecule has 1 aromatic heterocycles. The molecule has 1 heterocycles. The van der Waals surface area contributed by atoms with Gasteiger partial charge in [0, 0.05) is 24.1 Å². The van der Waals surface area contributed by atoms with Crippen LogP contribution >= 0.6 is 0 Å². The minimum atomic E-state index is -0.124. The number of hydrogen-bond donors (Lipinski definition) is 1. The predicted molar refractivity (Wildman–Crippen MR) is 108 cm³/mol. The number of methoxy groups -OCH3 is 3. The van der Waals surface area contributed by atoms with Gasteiger partial charge >= 0.3 is 0 Å². The largest absolute Gasteiger partial charge is 0.497 e. The van der Waals surface area contributed by atoms with Gasteiger partial charge in [-0.2, -0.15) is 0 Å². The van der Waals surface area contributed by atoms with Gasteiger partial charge in [-0.25, -0.2) is 0 Å². The van der Waals surface area contributed by atoms with E-state index in [1.54, 1.807) is 39.5 Å². The lowest BCUT2D eigenvalue weighted by molar-refractivity contribution is -0.116. The molecule has 0 saturated carbocycles. The fourth-order valence-corrected chi connectivity index (χ4v) is 3.08. The van der Waals surface area contributed by atoms with Crippen molar-refractivity contribution in [3.63, 3.8) is 0 Å². The Labute approximate surface area is 164 Å². The van der Waals surface area contributed by atoms with Crippen molar-refractivity contribution in [2.24, 2.45) is 0 Å². The summed E-state index contributed by atoms with van der Waals surface area (Å²) >= 11 is 0. The summed E-state index contributed by atoms with van der Waals surface area (Å²) in [7, 11) is 4.77. The Bertz CT molecular complexity index is 905. The van der Waals surface area contributed by atoms with E-state index in [1.165, 1.54) is 0 Å². The molecule has 1 atom stereocenters. The average molecular weight is 380 g/mol. The summed E-state index contributed by atoms with van der Waals surface area (Å²) in [5, 5.41) is 2.94. The van der Waals surface area contributed by atoms with Crippen molar-refractivity contribution in [3.8, 4) is 17.2 Å². The quantitative estimate of drug-likeness (QED) is 0.638. The number of aromatic nitrogens is 1. The molecule has 0 fully saturated rings. The molecule has 6 heteroatoms. The number of carbonyl (C=O) groups is 1. The van der Waals surface area contributed by atoms with Gasteiger partial charge < -0.3 is 24.1 Å². The van der Waals surface area contributed by atoms with Gasteiger partial charge in [-0.05, 0) is 42.0 Å². The second-order valence-corrected chi connectivity index (χ2v) is 6.24. The van der Waals surface area contributed by atoms with Gasteiger partial charge in [0.1, 0.15) is 5.75 Å². The topological polar surface area (TPSA) is 61.7 Å². The Hall–Kier alpha value is -3.41. The van der Waals surface area contributed by atoms with Gasteiger partial charge in [0.05, 0.1) is 33.8 Å². The van der Waals surface area contributed by atoms with E-state index >= 15 is 0 Å². The highest BCUT2D eigenvalue weighted by Gasteiger charge is 2.18. The number of amides is 1. The molecule has 146 valence electrons. The number of anilines is 1. The molecule has 0 unspecified atom stereocenters. The second-order valence-electron chi connectivity index (χ2n) is 6.24. The van der Waals surface area contributed by atoms with Crippen LogP contribution in [0.15, 0.2) is 67.0 Å². The Morgan fingerprint density at radius 2 is 1.61 bits per heavy atom. The normalized spacial score (nSPS) is 11.5. The van der Waals surface area contributed by atoms with Crippen LogP contribution < -0.4 is 19.5 Å². The zero-order valence-electron chi connectivity index (χ0n) is 16.2. The van der Waals surface area contributed by atoms with E-state index in [0.717, 1.165) is 11.3 Å². The molecule has 3 rings (SSSR count). The maximum atomic E-state index is 12.7. The first-order valence-corrected chi connectivity index (χ1v) is 8.93. The fourth-order valence-electron chi connectivity index (χ4n) is 3.08. The highest BCUT2D eigenvalue weighted by molar-refractivity contribution is 5.91. The van der Waals surface area contributed by atoms with E-state index in [4.69, 9.17) is 14.2 Å². The van der Waals surface area contributed by atoms with E-state index < -0.39 is 0 Å². The molecule has 1 amide bonds. The molecule has 0 bridgehead atoms. The molecule has 0 saturated heterocycles. The number of benzene rings is 2. The van der Waals surface area contributed by atoms with Gasteiger partial charge in [-0.3, -0.25) is 4.79 Å². The van der Waals surface area contributed by atoms with Crippen molar-refractivity contribution >= 4 is 11.6 Å². The Morgan fingerprint density at radius 1 is 0.929 bits per heavy atom. The summed E-state index contributed by atoms with van der Waals surface area (Å²) in [6.45, 7) is 0. The fraction of sp³-hybridized carbons (Fsp3) is 0.227. The first kappa shape index (κ1) is 19.4. The molecule has 3 aromatic rings. The van der Waals surface area contributed by atoms with Crippen molar-refractivity contribution in [1.29, 1.82) is 0 Å². The van der Waals surface area contributed by atoms with E-state index in [9.17, 15) is 4.79 Å². The van der Waals surface area contributed by atoms with Crippen molar-refractivity contribution in [2.75, 3.05) is 26.6 Å². The smallest absolute Gasteiger partial charge is 0.226 e. The lowest BCUT2D eigenvalue weighted by Gasteiger charge is -2.20. The monoisotopic (exact) mass is 380 g/mol. The van der Waals surface area contributed by atoms with Gasteiger partial charge in [-0.1, -0.05) is 12.1 Å². The lowest BCUT2D eigenvalue weighted by atomic mass is 10.0. The summed E-state index contributed by atoms with van der Waals surface area (Å²) in [6, 6.07) is 16.8. The van der Waals surface area contributed by atoms with E-state index in [-0.39, 0.29) is 18.4 Å². The standard InChI is InChI=1S/C22H24N2O4/c1-26-18-9-6-16(7-10-18)19(24-12-4-5-13-24)15-22(25)23-17-8-11-20(27-2)21(14-17)28-3/h4-14,19H,15H2,1-3H3,(H,23,25)/t19-/m1/s1. The zero-order chi connectivity index (χ0) is 19.9. The van der Waals surface area contributed by atoms with E-state index in [1.807, 2.05) is 53.4 Å². The minimum Gasteiger partial charge on any atom is -0.497 e. The lowest BCUT2D eigenvalue weighted by Crippen LogP contribution is -2.19. The molecule has 0 aliphatic heterocycles.